The van der Waals surface area contributed by atoms with Gasteiger partial charge >= 0.3 is 5.97 Å². The number of carbonyl (C=O) groups is 1. The van der Waals surface area contributed by atoms with Gasteiger partial charge in [-0.2, -0.15) is 0 Å². The first-order valence-corrected chi connectivity index (χ1v) is 4.81. The van der Waals surface area contributed by atoms with Gasteiger partial charge in [0, 0.05) is 12.6 Å². The van der Waals surface area contributed by atoms with E-state index in [0.29, 0.717) is 12.6 Å². The van der Waals surface area contributed by atoms with Gasteiger partial charge in [-0.25, -0.2) is 0 Å². The number of nitrogens with zero attached hydrogens (tertiary/aromatic N) is 1. The first-order valence-electron chi connectivity index (χ1n) is 4.81. The van der Waals surface area contributed by atoms with E-state index in [0.717, 1.165) is 19.5 Å². The summed E-state index contributed by atoms with van der Waals surface area (Å²) in [5, 5.41) is 11.9. The van der Waals surface area contributed by atoms with Crippen molar-refractivity contribution >= 4 is 5.97 Å². The van der Waals surface area contributed by atoms with E-state index in [1.807, 2.05) is 0 Å². The van der Waals surface area contributed by atoms with Gasteiger partial charge in [-0.3, -0.25) is 9.69 Å². The zero-order chi connectivity index (χ0) is 9.84. The Bertz CT molecular complexity index is 182. The zero-order valence-electron chi connectivity index (χ0n) is 8.29. The van der Waals surface area contributed by atoms with E-state index in [2.05, 4.69) is 24.1 Å². The highest BCUT2D eigenvalue weighted by Gasteiger charge is 2.24. The number of rotatable bonds is 2. The van der Waals surface area contributed by atoms with Crippen LogP contribution in [0.5, 0.6) is 0 Å². The molecule has 1 rings (SSSR count). The van der Waals surface area contributed by atoms with Crippen molar-refractivity contribution in [1.29, 1.82) is 0 Å². The van der Waals surface area contributed by atoms with Gasteiger partial charge in [0.1, 0.15) is 6.04 Å². The average Bonchev–Trinajstić information content (AvgIpc) is 2.28. The molecule has 1 fully saturated rings. The maximum Gasteiger partial charge on any atom is 0.322 e. The fourth-order valence-electron chi connectivity index (χ4n) is 1.58. The molecule has 1 aliphatic rings. The highest BCUT2D eigenvalue weighted by Crippen LogP contribution is 2.05. The maximum atomic E-state index is 10.8. The van der Waals surface area contributed by atoms with E-state index >= 15 is 0 Å². The molecular formula is C9H18N2O2. The lowest BCUT2D eigenvalue weighted by Crippen LogP contribution is -2.45. The largest absolute Gasteiger partial charge is 0.480 e. The van der Waals surface area contributed by atoms with Crippen LogP contribution in [0.3, 0.4) is 0 Å². The second-order valence-electron chi connectivity index (χ2n) is 3.79. The van der Waals surface area contributed by atoms with Crippen LogP contribution in [0.2, 0.25) is 0 Å². The van der Waals surface area contributed by atoms with Crippen molar-refractivity contribution in [1.82, 2.24) is 10.2 Å². The fraction of sp³-hybridized carbons (Fsp3) is 0.889. The second kappa shape index (κ2) is 4.58. The number of hydrogen-bond donors (Lipinski definition) is 2. The molecular weight excluding hydrogens is 168 g/mol. The molecule has 0 aromatic carbocycles. The summed E-state index contributed by atoms with van der Waals surface area (Å²) in [6, 6.07) is 0.0339. The molecule has 4 nitrogen and oxygen atoms in total. The van der Waals surface area contributed by atoms with Crippen molar-refractivity contribution in [3.63, 3.8) is 0 Å². The Balaban J connectivity index is 2.54. The summed E-state index contributed by atoms with van der Waals surface area (Å²) in [4.78, 5) is 13.0. The lowest BCUT2D eigenvalue weighted by atomic mass is 10.2. The Hall–Kier alpha value is -0.610. The summed E-state index contributed by atoms with van der Waals surface area (Å²) in [7, 11) is 0. The second-order valence-corrected chi connectivity index (χ2v) is 3.79. The van der Waals surface area contributed by atoms with Crippen molar-refractivity contribution in [2.24, 2.45) is 0 Å². The maximum absolute atomic E-state index is 10.8. The van der Waals surface area contributed by atoms with Crippen molar-refractivity contribution < 1.29 is 9.90 Å². The molecule has 0 amide bonds. The van der Waals surface area contributed by atoms with Crippen LogP contribution in [0.1, 0.15) is 20.3 Å². The van der Waals surface area contributed by atoms with Crippen molar-refractivity contribution in [3.05, 3.63) is 0 Å². The third-order valence-electron chi connectivity index (χ3n) is 2.46. The fourth-order valence-corrected chi connectivity index (χ4v) is 1.58. The molecule has 4 heteroatoms. The minimum atomic E-state index is -0.743. The number of nitrogens with one attached hydrogen (secondary N) is 1. The van der Waals surface area contributed by atoms with Crippen molar-refractivity contribution in [3.8, 4) is 0 Å². The molecule has 0 bridgehead atoms. The molecule has 0 aromatic rings. The molecule has 0 aromatic heterocycles. The van der Waals surface area contributed by atoms with Gasteiger partial charge in [0.05, 0.1) is 0 Å². The molecule has 1 aliphatic heterocycles. The summed E-state index contributed by atoms with van der Waals surface area (Å²) in [5.41, 5.74) is 0. The van der Waals surface area contributed by atoms with Crippen LogP contribution in [-0.2, 0) is 4.79 Å². The minimum Gasteiger partial charge on any atom is -0.480 e. The van der Waals surface area contributed by atoms with E-state index in [9.17, 15) is 4.79 Å². The lowest BCUT2D eigenvalue weighted by Gasteiger charge is -2.25. The van der Waals surface area contributed by atoms with Crippen LogP contribution >= 0.6 is 0 Å². The lowest BCUT2D eigenvalue weighted by molar-refractivity contribution is -0.139. The minimum absolute atomic E-state index is 0.398. The summed E-state index contributed by atoms with van der Waals surface area (Å²) in [6.45, 7) is 6.62. The van der Waals surface area contributed by atoms with E-state index in [1.165, 1.54) is 0 Å². The third kappa shape index (κ3) is 2.97. The van der Waals surface area contributed by atoms with Crippen molar-refractivity contribution in [2.45, 2.75) is 32.4 Å². The molecule has 2 N–H and O–H groups in total. The normalized spacial score (nSPS) is 25.9. The molecule has 13 heavy (non-hydrogen) atoms. The van der Waals surface area contributed by atoms with Gasteiger partial charge in [-0.05, 0) is 33.4 Å². The van der Waals surface area contributed by atoms with Crippen LogP contribution in [0.4, 0.5) is 0 Å². The molecule has 76 valence electrons. The smallest absolute Gasteiger partial charge is 0.322 e. The SMILES string of the molecule is CC(C)N1CCCNC(C(=O)O)C1. The van der Waals surface area contributed by atoms with Crippen LogP contribution in [-0.4, -0.2) is 47.7 Å². The summed E-state index contributed by atoms with van der Waals surface area (Å²) in [6.07, 6.45) is 1.03. The van der Waals surface area contributed by atoms with E-state index in [1.54, 1.807) is 0 Å². The quantitative estimate of drug-likeness (QED) is 0.644. The Labute approximate surface area is 78.9 Å². The van der Waals surface area contributed by atoms with Gasteiger partial charge in [-0.1, -0.05) is 0 Å². The molecule has 0 radical (unpaired) electrons. The van der Waals surface area contributed by atoms with Gasteiger partial charge in [0.15, 0.2) is 0 Å². The summed E-state index contributed by atoms with van der Waals surface area (Å²) >= 11 is 0. The molecule has 0 saturated carbocycles. The monoisotopic (exact) mass is 186 g/mol. The molecule has 1 heterocycles. The summed E-state index contributed by atoms with van der Waals surface area (Å²) in [5.74, 6) is -0.743. The van der Waals surface area contributed by atoms with Gasteiger partial charge in [-0.15, -0.1) is 0 Å². The molecule has 1 saturated heterocycles. The number of carboxylic acids is 1. The molecule has 0 aliphatic carbocycles. The van der Waals surface area contributed by atoms with E-state index < -0.39 is 12.0 Å². The zero-order valence-corrected chi connectivity index (χ0v) is 8.29. The Morgan fingerprint density at radius 3 is 2.85 bits per heavy atom. The van der Waals surface area contributed by atoms with Gasteiger partial charge in [0.2, 0.25) is 0 Å². The van der Waals surface area contributed by atoms with Crippen LogP contribution in [0, 0.1) is 0 Å². The molecule has 1 atom stereocenters. The van der Waals surface area contributed by atoms with Crippen molar-refractivity contribution in [2.75, 3.05) is 19.6 Å². The van der Waals surface area contributed by atoms with Gasteiger partial charge in [0.25, 0.3) is 0 Å². The molecule has 1 unspecified atom stereocenters. The first-order chi connectivity index (χ1) is 6.11. The highest BCUT2D eigenvalue weighted by atomic mass is 16.4. The average molecular weight is 186 g/mol. The predicted octanol–water partition coefficient (Wildman–Crippen LogP) is 0.143. The topological polar surface area (TPSA) is 52.6 Å². The Morgan fingerprint density at radius 2 is 2.31 bits per heavy atom. The first kappa shape index (κ1) is 10.5. The van der Waals surface area contributed by atoms with Gasteiger partial charge < -0.3 is 10.4 Å². The standard InChI is InChI=1S/C9H18N2O2/c1-7(2)11-5-3-4-10-8(6-11)9(12)13/h7-8,10H,3-6H2,1-2H3,(H,12,13). The number of hydrogen-bond acceptors (Lipinski definition) is 3. The van der Waals surface area contributed by atoms with Crippen LogP contribution in [0.25, 0.3) is 0 Å². The number of carboxylic acid groups (broad SMARTS) is 1. The van der Waals surface area contributed by atoms with Crippen LogP contribution in [0.15, 0.2) is 0 Å². The van der Waals surface area contributed by atoms with E-state index in [4.69, 9.17) is 5.11 Å². The van der Waals surface area contributed by atoms with E-state index in [-0.39, 0.29) is 0 Å². The molecule has 0 spiro atoms. The van der Waals surface area contributed by atoms with Crippen LogP contribution < -0.4 is 5.32 Å². The predicted molar refractivity (Wildman–Crippen MR) is 50.8 cm³/mol. The Morgan fingerprint density at radius 1 is 1.62 bits per heavy atom. The summed E-state index contributed by atoms with van der Waals surface area (Å²) < 4.78 is 0. The number of aliphatic carboxylic acids is 1. The third-order valence-corrected chi connectivity index (χ3v) is 2.46. The highest BCUT2D eigenvalue weighted by molar-refractivity contribution is 5.73. The Kier molecular flexibility index (Phi) is 3.69.